The molecule has 4 heteroatoms. The Morgan fingerprint density at radius 3 is 3.06 bits per heavy atom. The average Bonchev–Trinajstić information content (AvgIpc) is 2.78. The van der Waals surface area contributed by atoms with Crippen LogP contribution in [-0.2, 0) is 11.3 Å². The van der Waals surface area contributed by atoms with Gasteiger partial charge in [-0.3, -0.25) is 0 Å². The zero-order valence-corrected chi connectivity index (χ0v) is 10.7. The van der Waals surface area contributed by atoms with Crippen molar-refractivity contribution in [1.82, 2.24) is 4.98 Å². The van der Waals surface area contributed by atoms with Gasteiger partial charge in [0.1, 0.15) is 5.01 Å². The fourth-order valence-electron chi connectivity index (χ4n) is 1.54. The number of nitrogens with zero attached hydrogens (tertiary/aromatic N) is 1. The molecule has 2 N–H and O–H groups in total. The van der Waals surface area contributed by atoms with Gasteiger partial charge in [0.05, 0.1) is 18.9 Å². The smallest absolute Gasteiger partial charge is 0.123 e. The molecule has 0 amide bonds. The Hall–Kier alpha value is -1.23. The molecule has 0 spiro atoms. The van der Waals surface area contributed by atoms with E-state index in [9.17, 15) is 0 Å². The van der Waals surface area contributed by atoms with Gasteiger partial charge >= 0.3 is 0 Å². The van der Waals surface area contributed by atoms with Crippen LogP contribution in [0, 0.1) is 6.92 Å². The molecule has 2 rings (SSSR count). The van der Waals surface area contributed by atoms with Crippen molar-refractivity contribution in [2.24, 2.45) is 5.73 Å². The van der Waals surface area contributed by atoms with Gasteiger partial charge in [-0.1, -0.05) is 23.8 Å². The topological polar surface area (TPSA) is 48.1 Å². The van der Waals surface area contributed by atoms with Crippen LogP contribution in [0.1, 0.15) is 11.3 Å². The van der Waals surface area contributed by atoms with Gasteiger partial charge in [0.15, 0.2) is 0 Å². The summed E-state index contributed by atoms with van der Waals surface area (Å²) in [6.07, 6.45) is 0. The van der Waals surface area contributed by atoms with E-state index in [1.54, 1.807) is 11.3 Å². The second-order valence-corrected chi connectivity index (χ2v) is 4.71. The van der Waals surface area contributed by atoms with Crippen LogP contribution in [-0.4, -0.2) is 18.1 Å². The van der Waals surface area contributed by atoms with Gasteiger partial charge in [-0.05, 0) is 13.0 Å². The quantitative estimate of drug-likeness (QED) is 0.827. The summed E-state index contributed by atoms with van der Waals surface area (Å²) in [5.41, 5.74) is 8.75. The van der Waals surface area contributed by atoms with Crippen molar-refractivity contribution in [3.63, 3.8) is 0 Å². The first-order valence-electron chi connectivity index (χ1n) is 5.59. The SMILES string of the molecule is Cc1cccc(-c2nc(COCCN)cs2)c1. The number of ether oxygens (including phenoxy) is 1. The van der Waals surface area contributed by atoms with Gasteiger partial charge in [0, 0.05) is 17.5 Å². The van der Waals surface area contributed by atoms with Crippen molar-refractivity contribution in [3.8, 4) is 10.6 Å². The van der Waals surface area contributed by atoms with Crippen LogP contribution in [0.3, 0.4) is 0 Å². The van der Waals surface area contributed by atoms with Crippen LogP contribution >= 0.6 is 11.3 Å². The lowest BCUT2D eigenvalue weighted by molar-refractivity contribution is 0.126. The van der Waals surface area contributed by atoms with E-state index in [0.717, 1.165) is 10.7 Å². The van der Waals surface area contributed by atoms with Crippen molar-refractivity contribution in [2.75, 3.05) is 13.2 Å². The van der Waals surface area contributed by atoms with Gasteiger partial charge < -0.3 is 10.5 Å². The highest BCUT2D eigenvalue weighted by atomic mass is 32.1. The molecule has 0 aliphatic rings. The Morgan fingerprint density at radius 2 is 2.29 bits per heavy atom. The predicted molar refractivity (Wildman–Crippen MR) is 71.0 cm³/mol. The third-order valence-corrected chi connectivity index (χ3v) is 3.27. The Balaban J connectivity index is 2.07. The number of nitrogens with two attached hydrogens (primary N) is 1. The number of hydrogen-bond donors (Lipinski definition) is 1. The van der Waals surface area contributed by atoms with Crippen LogP contribution in [0.4, 0.5) is 0 Å². The molecule has 1 aromatic carbocycles. The minimum absolute atomic E-state index is 0.541. The molecule has 17 heavy (non-hydrogen) atoms. The largest absolute Gasteiger partial charge is 0.374 e. The molecule has 0 aliphatic heterocycles. The molecule has 0 radical (unpaired) electrons. The standard InChI is InChI=1S/C13H16N2OS/c1-10-3-2-4-11(7-10)13-15-12(9-17-13)8-16-6-5-14/h2-4,7,9H,5-6,8,14H2,1H3. The first kappa shape index (κ1) is 12.2. The number of hydrogen-bond acceptors (Lipinski definition) is 4. The lowest BCUT2D eigenvalue weighted by Crippen LogP contribution is -2.08. The Morgan fingerprint density at radius 1 is 1.41 bits per heavy atom. The van der Waals surface area contributed by atoms with Crippen molar-refractivity contribution >= 4 is 11.3 Å². The molecule has 0 saturated heterocycles. The molecule has 0 unspecified atom stereocenters. The van der Waals surface area contributed by atoms with Crippen molar-refractivity contribution in [2.45, 2.75) is 13.5 Å². The molecule has 1 aromatic heterocycles. The molecule has 0 fully saturated rings. The molecular weight excluding hydrogens is 232 g/mol. The summed E-state index contributed by atoms with van der Waals surface area (Å²) in [5, 5.41) is 3.08. The summed E-state index contributed by atoms with van der Waals surface area (Å²) in [7, 11) is 0. The number of thiazole rings is 1. The van der Waals surface area contributed by atoms with Crippen LogP contribution in [0.2, 0.25) is 0 Å². The number of rotatable bonds is 5. The van der Waals surface area contributed by atoms with Gasteiger partial charge in [0.25, 0.3) is 0 Å². The predicted octanol–water partition coefficient (Wildman–Crippen LogP) is 2.59. The molecule has 0 aliphatic carbocycles. The number of aromatic nitrogens is 1. The minimum atomic E-state index is 0.541. The molecule has 0 saturated carbocycles. The van der Waals surface area contributed by atoms with E-state index in [1.165, 1.54) is 11.1 Å². The van der Waals surface area contributed by atoms with E-state index in [2.05, 4.69) is 36.2 Å². The zero-order valence-electron chi connectivity index (χ0n) is 9.85. The van der Waals surface area contributed by atoms with Crippen LogP contribution < -0.4 is 5.73 Å². The van der Waals surface area contributed by atoms with Crippen LogP contribution in [0.5, 0.6) is 0 Å². The first-order chi connectivity index (χ1) is 8.29. The minimum Gasteiger partial charge on any atom is -0.374 e. The summed E-state index contributed by atoms with van der Waals surface area (Å²) < 4.78 is 5.36. The van der Waals surface area contributed by atoms with Crippen LogP contribution in [0.15, 0.2) is 29.6 Å². The van der Waals surface area contributed by atoms with Crippen molar-refractivity contribution < 1.29 is 4.74 Å². The molecule has 1 heterocycles. The Labute approximate surface area is 105 Å². The lowest BCUT2D eigenvalue weighted by atomic mass is 10.1. The highest BCUT2D eigenvalue weighted by Gasteiger charge is 2.04. The maximum atomic E-state index is 5.36. The fourth-order valence-corrected chi connectivity index (χ4v) is 2.35. The Bertz CT molecular complexity index is 482. The first-order valence-corrected chi connectivity index (χ1v) is 6.47. The van der Waals surface area contributed by atoms with E-state index in [4.69, 9.17) is 10.5 Å². The summed E-state index contributed by atoms with van der Waals surface area (Å²) in [6, 6.07) is 8.36. The zero-order chi connectivity index (χ0) is 12.1. The van der Waals surface area contributed by atoms with E-state index < -0.39 is 0 Å². The molecule has 0 atom stereocenters. The van der Waals surface area contributed by atoms with Crippen LogP contribution in [0.25, 0.3) is 10.6 Å². The monoisotopic (exact) mass is 248 g/mol. The number of aryl methyl sites for hydroxylation is 1. The molecule has 3 nitrogen and oxygen atoms in total. The Kier molecular flexibility index (Phi) is 4.25. The third kappa shape index (κ3) is 3.36. The van der Waals surface area contributed by atoms with E-state index in [-0.39, 0.29) is 0 Å². The summed E-state index contributed by atoms with van der Waals surface area (Å²) in [5.74, 6) is 0. The summed E-state index contributed by atoms with van der Waals surface area (Å²) >= 11 is 1.65. The maximum absolute atomic E-state index is 5.36. The molecule has 90 valence electrons. The molecular formula is C13H16N2OS. The average molecular weight is 248 g/mol. The lowest BCUT2D eigenvalue weighted by Gasteiger charge is -1.99. The van der Waals surface area contributed by atoms with Gasteiger partial charge in [-0.2, -0.15) is 0 Å². The van der Waals surface area contributed by atoms with Gasteiger partial charge in [0.2, 0.25) is 0 Å². The van der Waals surface area contributed by atoms with E-state index >= 15 is 0 Å². The van der Waals surface area contributed by atoms with E-state index in [1.807, 2.05) is 5.38 Å². The highest BCUT2D eigenvalue weighted by Crippen LogP contribution is 2.24. The second-order valence-electron chi connectivity index (χ2n) is 3.85. The number of benzene rings is 1. The fraction of sp³-hybridized carbons (Fsp3) is 0.308. The van der Waals surface area contributed by atoms with E-state index in [0.29, 0.717) is 19.8 Å². The second kappa shape index (κ2) is 5.91. The normalized spacial score (nSPS) is 10.7. The molecule has 2 aromatic rings. The summed E-state index contributed by atoms with van der Waals surface area (Å²) in [4.78, 5) is 4.55. The maximum Gasteiger partial charge on any atom is 0.123 e. The third-order valence-electron chi connectivity index (χ3n) is 2.33. The molecule has 0 bridgehead atoms. The van der Waals surface area contributed by atoms with Crippen molar-refractivity contribution in [3.05, 3.63) is 40.9 Å². The van der Waals surface area contributed by atoms with Gasteiger partial charge in [-0.15, -0.1) is 11.3 Å². The summed E-state index contributed by atoms with van der Waals surface area (Å²) in [6.45, 7) is 3.76. The highest BCUT2D eigenvalue weighted by molar-refractivity contribution is 7.13. The van der Waals surface area contributed by atoms with Gasteiger partial charge in [-0.25, -0.2) is 4.98 Å². The van der Waals surface area contributed by atoms with Crippen molar-refractivity contribution in [1.29, 1.82) is 0 Å².